The summed E-state index contributed by atoms with van der Waals surface area (Å²) in [5, 5.41) is 13.4. The van der Waals surface area contributed by atoms with Gasteiger partial charge in [-0.15, -0.1) is 0 Å². The van der Waals surface area contributed by atoms with Gasteiger partial charge in [-0.1, -0.05) is 0 Å². The summed E-state index contributed by atoms with van der Waals surface area (Å²) in [5.41, 5.74) is 0.654. The Hall–Kier alpha value is -3.15. The second kappa shape index (κ2) is 10.4. The molecule has 0 aromatic heterocycles. The first-order valence-electron chi connectivity index (χ1n) is 9.94. The fourth-order valence-electron chi connectivity index (χ4n) is 3.22. The first-order chi connectivity index (χ1) is 15.3. The van der Waals surface area contributed by atoms with Crippen molar-refractivity contribution >= 4 is 27.7 Å². The van der Waals surface area contributed by atoms with Crippen LogP contribution in [-0.2, 0) is 14.8 Å². The van der Waals surface area contributed by atoms with Gasteiger partial charge in [0.05, 0.1) is 9.82 Å². The van der Waals surface area contributed by atoms with Crippen LogP contribution >= 0.6 is 0 Å². The van der Waals surface area contributed by atoms with Crippen LogP contribution in [0.2, 0.25) is 0 Å². The number of halogens is 1. The highest BCUT2D eigenvalue weighted by atomic mass is 32.2. The lowest BCUT2D eigenvalue weighted by molar-refractivity contribution is -0.384. The molecule has 1 aliphatic heterocycles. The fraction of sp³-hybridized carbons (Fsp3) is 0.286. The highest BCUT2D eigenvalue weighted by Gasteiger charge is 2.28. The maximum atomic E-state index is 13.0. The molecule has 0 bridgehead atoms. The van der Waals surface area contributed by atoms with Gasteiger partial charge >= 0.3 is 0 Å². The summed E-state index contributed by atoms with van der Waals surface area (Å²) < 4.78 is 39.7. The van der Waals surface area contributed by atoms with Gasteiger partial charge in [0, 0.05) is 57.5 Å². The average molecular weight is 463 g/mol. The van der Waals surface area contributed by atoms with Crippen LogP contribution in [0.3, 0.4) is 0 Å². The molecule has 2 aromatic carbocycles. The van der Waals surface area contributed by atoms with Crippen molar-refractivity contribution in [3.05, 3.63) is 76.1 Å². The summed E-state index contributed by atoms with van der Waals surface area (Å²) >= 11 is 0. The van der Waals surface area contributed by atoms with Crippen LogP contribution in [0.15, 0.2) is 59.5 Å². The summed E-state index contributed by atoms with van der Waals surface area (Å²) in [5.74, 6) is -0.778. The zero-order valence-electron chi connectivity index (χ0n) is 17.2. The largest absolute Gasteiger partial charge is 0.351 e. The number of rotatable bonds is 8. The predicted molar refractivity (Wildman–Crippen MR) is 117 cm³/mol. The van der Waals surface area contributed by atoms with Crippen molar-refractivity contribution < 1.29 is 22.5 Å². The Kier molecular flexibility index (Phi) is 7.67. The minimum Gasteiger partial charge on any atom is -0.351 e. The number of nitro benzene ring substituents is 1. The van der Waals surface area contributed by atoms with Gasteiger partial charge in [0.15, 0.2) is 0 Å². The Morgan fingerprint density at radius 1 is 1.06 bits per heavy atom. The Morgan fingerprint density at radius 3 is 2.28 bits per heavy atom. The molecule has 0 atom stereocenters. The second-order valence-corrected chi connectivity index (χ2v) is 9.11. The monoisotopic (exact) mass is 462 g/mol. The molecule has 0 radical (unpaired) electrons. The number of amides is 1. The highest BCUT2D eigenvalue weighted by molar-refractivity contribution is 7.89. The molecule has 1 fully saturated rings. The van der Waals surface area contributed by atoms with E-state index in [2.05, 4.69) is 10.2 Å². The number of nitrogens with zero attached hydrogens (tertiary/aromatic N) is 3. The quantitative estimate of drug-likeness (QED) is 0.364. The molecule has 32 heavy (non-hydrogen) atoms. The molecule has 2 aromatic rings. The number of nitrogens with one attached hydrogen (secondary N) is 1. The van der Waals surface area contributed by atoms with E-state index in [9.17, 15) is 27.7 Å². The van der Waals surface area contributed by atoms with Crippen molar-refractivity contribution in [3.63, 3.8) is 0 Å². The van der Waals surface area contributed by atoms with Crippen LogP contribution < -0.4 is 5.32 Å². The summed E-state index contributed by atoms with van der Waals surface area (Å²) in [7, 11) is -3.65. The molecule has 1 saturated heterocycles. The molecule has 1 aliphatic rings. The second-order valence-electron chi connectivity index (χ2n) is 7.17. The van der Waals surface area contributed by atoms with Crippen molar-refractivity contribution in [2.45, 2.75) is 4.90 Å². The molecule has 0 unspecified atom stereocenters. The molecular formula is C21H23FN4O5S. The zero-order valence-corrected chi connectivity index (χ0v) is 18.0. The van der Waals surface area contributed by atoms with Crippen LogP contribution in [0.1, 0.15) is 5.56 Å². The summed E-state index contributed by atoms with van der Waals surface area (Å²) in [6.45, 7) is 2.64. The van der Waals surface area contributed by atoms with Gasteiger partial charge in [0.1, 0.15) is 5.82 Å². The molecule has 1 heterocycles. The van der Waals surface area contributed by atoms with Gasteiger partial charge in [-0.25, -0.2) is 12.8 Å². The number of non-ortho nitro benzene ring substituents is 1. The van der Waals surface area contributed by atoms with Crippen LogP contribution in [0, 0.1) is 15.9 Å². The van der Waals surface area contributed by atoms with E-state index in [0.717, 1.165) is 12.1 Å². The third-order valence-electron chi connectivity index (χ3n) is 5.04. The average Bonchev–Trinajstić information content (AvgIpc) is 2.78. The van der Waals surface area contributed by atoms with Gasteiger partial charge in [-0.3, -0.25) is 19.8 Å². The van der Waals surface area contributed by atoms with Gasteiger partial charge in [0.2, 0.25) is 15.9 Å². The third kappa shape index (κ3) is 6.19. The topological polar surface area (TPSA) is 113 Å². The van der Waals surface area contributed by atoms with Crippen molar-refractivity contribution in [2.24, 2.45) is 0 Å². The number of hydrogen-bond donors (Lipinski definition) is 1. The van der Waals surface area contributed by atoms with Crippen molar-refractivity contribution in [3.8, 4) is 0 Å². The number of sulfonamides is 1. The van der Waals surface area contributed by atoms with Crippen LogP contribution in [0.25, 0.3) is 6.08 Å². The summed E-state index contributed by atoms with van der Waals surface area (Å²) in [6, 6.07) is 10.6. The Balaban J connectivity index is 1.40. The van der Waals surface area contributed by atoms with E-state index in [4.69, 9.17) is 0 Å². The SMILES string of the molecule is O=C(/C=C\c1ccc([N+](=O)[O-])cc1)NCCN1CCN(S(=O)(=O)c2ccc(F)cc2)CC1. The summed E-state index contributed by atoms with van der Waals surface area (Å²) in [4.78, 5) is 24.2. The molecule has 170 valence electrons. The third-order valence-corrected chi connectivity index (χ3v) is 6.95. The fourth-order valence-corrected chi connectivity index (χ4v) is 4.65. The molecule has 1 N–H and O–H groups in total. The van der Waals surface area contributed by atoms with E-state index < -0.39 is 20.8 Å². The van der Waals surface area contributed by atoms with Crippen LogP contribution in [0.4, 0.5) is 10.1 Å². The van der Waals surface area contributed by atoms with Gasteiger partial charge in [-0.05, 0) is 48.0 Å². The smallest absolute Gasteiger partial charge is 0.269 e. The van der Waals surface area contributed by atoms with Crippen LogP contribution in [0.5, 0.6) is 0 Å². The Bertz CT molecular complexity index is 1080. The maximum absolute atomic E-state index is 13.0. The van der Waals surface area contributed by atoms with Gasteiger partial charge in [0.25, 0.3) is 5.69 Å². The lowest BCUT2D eigenvalue weighted by Gasteiger charge is -2.33. The lowest BCUT2D eigenvalue weighted by Crippen LogP contribution is -2.50. The predicted octanol–water partition coefficient (Wildman–Crippen LogP) is 1.87. The molecule has 0 saturated carbocycles. The van der Waals surface area contributed by atoms with E-state index in [1.807, 2.05) is 0 Å². The van der Waals surface area contributed by atoms with E-state index in [1.54, 1.807) is 18.2 Å². The Morgan fingerprint density at radius 2 is 1.69 bits per heavy atom. The number of carbonyl (C=O) groups excluding carboxylic acids is 1. The first-order valence-corrected chi connectivity index (χ1v) is 11.4. The first kappa shape index (κ1) is 23.5. The number of carbonyl (C=O) groups is 1. The van der Waals surface area contributed by atoms with Crippen LogP contribution in [-0.4, -0.2) is 67.7 Å². The Labute approximate surface area is 185 Å². The number of benzene rings is 2. The minimum absolute atomic E-state index is 0.0165. The van der Waals surface area contributed by atoms with E-state index in [1.165, 1.54) is 34.6 Å². The van der Waals surface area contributed by atoms with E-state index in [0.29, 0.717) is 44.8 Å². The minimum atomic E-state index is -3.65. The van der Waals surface area contributed by atoms with Crippen molar-refractivity contribution in [1.82, 2.24) is 14.5 Å². The van der Waals surface area contributed by atoms with E-state index >= 15 is 0 Å². The number of nitro groups is 1. The number of hydrogen-bond acceptors (Lipinski definition) is 6. The molecule has 11 heteroatoms. The molecular weight excluding hydrogens is 439 g/mol. The zero-order chi connectivity index (χ0) is 23.1. The maximum Gasteiger partial charge on any atom is 0.269 e. The number of piperazine rings is 1. The highest BCUT2D eigenvalue weighted by Crippen LogP contribution is 2.18. The lowest BCUT2D eigenvalue weighted by atomic mass is 10.2. The molecule has 0 spiro atoms. The van der Waals surface area contributed by atoms with Gasteiger partial charge < -0.3 is 5.32 Å². The van der Waals surface area contributed by atoms with Crippen molar-refractivity contribution in [1.29, 1.82) is 0 Å². The molecule has 9 nitrogen and oxygen atoms in total. The molecule has 0 aliphatic carbocycles. The molecule has 3 rings (SSSR count). The van der Waals surface area contributed by atoms with Crippen molar-refractivity contribution in [2.75, 3.05) is 39.3 Å². The van der Waals surface area contributed by atoms with E-state index in [-0.39, 0.29) is 16.5 Å². The normalized spacial score (nSPS) is 15.7. The summed E-state index contributed by atoms with van der Waals surface area (Å²) in [6.07, 6.45) is 2.92. The van der Waals surface area contributed by atoms with Gasteiger partial charge in [-0.2, -0.15) is 4.31 Å². The molecule has 1 amide bonds. The standard InChI is InChI=1S/C21H23FN4O5S/c22-18-4-8-20(9-5-18)32(30,31)25-15-13-24(14-16-25)12-11-23-21(27)10-3-17-1-6-19(7-2-17)26(28)29/h1-10H,11-16H2,(H,23,27)/b10-3-.